The molecule has 3 aliphatic heterocycles. The van der Waals surface area contributed by atoms with Gasteiger partial charge in [0, 0.05) is 47.0 Å². The van der Waals surface area contributed by atoms with Gasteiger partial charge >= 0.3 is 0 Å². The Kier molecular flexibility index (Phi) is 7.94. The first-order valence-electron chi connectivity index (χ1n) is 20.4. The number of hydrogen-bond donors (Lipinski definition) is 0. The molecule has 12 atom stereocenters. The second-order valence-electron chi connectivity index (χ2n) is 16.6. The number of benzene rings is 1. The summed E-state index contributed by atoms with van der Waals surface area (Å²) in [6.07, 6.45) is 54.5. The quantitative estimate of drug-likeness (QED) is 0.293. The van der Waals surface area contributed by atoms with E-state index in [4.69, 9.17) is 9.47 Å². The summed E-state index contributed by atoms with van der Waals surface area (Å²) in [4.78, 5) is 2.77. The second-order valence-corrected chi connectivity index (χ2v) is 16.6. The Labute approximate surface area is 314 Å². The predicted octanol–water partition coefficient (Wildman–Crippen LogP) is 10.6. The number of para-hydroxylation sites is 1. The lowest BCUT2D eigenvalue weighted by atomic mass is 9.55. The lowest BCUT2D eigenvalue weighted by molar-refractivity contribution is -0.122. The van der Waals surface area contributed by atoms with E-state index in [-0.39, 0.29) is 48.1 Å². The highest BCUT2D eigenvalue weighted by Crippen LogP contribution is 2.59. The third kappa shape index (κ3) is 5.22. The van der Waals surface area contributed by atoms with E-state index in [1.807, 2.05) is 0 Å². The summed E-state index contributed by atoms with van der Waals surface area (Å²) >= 11 is 0. The molecule has 266 valence electrons. The number of nitrogens with zero attached hydrogens (tertiary/aromatic N) is 1. The van der Waals surface area contributed by atoms with Gasteiger partial charge < -0.3 is 14.4 Å². The van der Waals surface area contributed by atoms with Crippen LogP contribution in [0.25, 0.3) is 0 Å². The number of ether oxygens (including phenoxy) is 2. The molecule has 3 heteroatoms. The number of fused-ring (bicyclic) bond motifs is 6. The molecular weight excluding hydrogens is 647 g/mol. The van der Waals surface area contributed by atoms with E-state index in [9.17, 15) is 0 Å². The van der Waals surface area contributed by atoms with Gasteiger partial charge in [-0.2, -0.15) is 0 Å². The average Bonchev–Trinajstić information content (AvgIpc) is 3.57. The van der Waals surface area contributed by atoms with Crippen LogP contribution in [0.1, 0.15) is 38.5 Å². The SMILES string of the molecule is C1=CCCC(C2=CC3C(C=C2)OC2C=CC=C(C4CC=CC5=C4N(c4ccccc4)C4CCC=CC54)C2C3C2C3=CC=CCC3OC3C=CC=CC32)=C1. The smallest absolute Gasteiger partial charge is 0.0835 e. The van der Waals surface area contributed by atoms with E-state index in [0.717, 1.165) is 32.1 Å². The Morgan fingerprint density at radius 2 is 1.51 bits per heavy atom. The zero-order chi connectivity index (χ0) is 34.9. The van der Waals surface area contributed by atoms with Crippen molar-refractivity contribution in [1.82, 2.24) is 0 Å². The Hall–Kier alpha value is -4.44. The fraction of sp³-hybridized carbons (Fsp3) is 0.360. The van der Waals surface area contributed by atoms with Crippen LogP contribution in [0, 0.1) is 41.4 Å². The molecule has 3 nitrogen and oxygen atoms in total. The zero-order valence-electron chi connectivity index (χ0n) is 30.4. The Morgan fingerprint density at radius 3 is 2.43 bits per heavy atom. The van der Waals surface area contributed by atoms with Gasteiger partial charge in [0.25, 0.3) is 0 Å². The first-order valence-corrected chi connectivity index (χ1v) is 20.4. The van der Waals surface area contributed by atoms with E-state index in [2.05, 4.69) is 157 Å². The molecule has 11 rings (SSSR count). The third-order valence-electron chi connectivity index (χ3n) is 14.0. The van der Waals surface area contributed by atoms with Gasteiger partial charge in [-0.3, -0.25) is 0 Å². The summed E-state index contributed by atoms with van der Waals surface area (Å²) in [6, 6.07) is 11.7. The van der Waals surface area contributed by atoms with Gasteiger partial charge in [0.15, 0.2) is 0 Å². The summed E-state index contributed by atoms with van der Waals surface area (Å²) in [5, 5.41) is 0. The van der Waals surface area contributed by atoms with Crippen molar-refractivity contribution in [2.75, 3.05) is 4.90 Å². The van der Waals surface area contributed by atoms with Gasteiger partial charge in [0.05, 0.1) is 24.4 Å². The minimum Gasteiger partial charge on any atom is -0.366 e. The van der Waals surface area contributed by atoms with Gasteiger partial charge in [-0.05, 0) is 84.8 Å². The van der Waals surface area contributed by atoms with E-state index < -0.39 is 0 Å². The van der Waals surface area contributed by atoms with Crippen molar-refractivity contribution >= 4 is 5.69 Å². The molecule has 0 amide bonds. The summed E-state index contributed by atoms with van der Waals surface area (Å²) < 4.78 is 14.2. The van der Waals surface area contributed by atoms with E-state index in [1.54, 1.807) is 5.57 Å². The average molecular weight is 696 g/mol. The van der Waals surface area contributed by atoms with Crippen molar-refractivity contribution in [2.24, 2.45) is 41.4 Å². The molecule has 10 aliphatic rings. The minimum atomic E-state index is 0.0176. The maximum absolute atomic E-state index is 7.31. The first kappa shape index (κ1) is 32.0. The van der Waals surface area contributed by atoms with E-state index >= 15 is 0 Å². The maximum Gasteiger partial charge on any atom is 0.0835 e. The number of hydrogen-bond acceptors (Lipinski definition) is 3. The van der Waals surface area contributed by atoms with Crippen LogP contribution < -0.4 is 4.90 Å². The van der Waals surface area contributed by atoms with Crippen LogP contribution in [0.2, 0.25) is 0 Å². The Morgan fingerprint density at radius 1 is 0.642 bits per heavy atom. The lowest BCUT2D eigenvalue weighted by Crippen LogP contribution is -2.56. The molecule has 2 fully saturated rings. The minimum absolute atomic E-state index is 0.0176. The molecule has 0 saturated carbocycles. The van der Waals surface area contributed by atoms with Crippen LogP contribution in [0.5, 0.6) is 0 Å². The number of allylic oxidation sites excluding steroid dienone is 16. The Bertz CT molecular complexity index is 2070. The molecule has 1 aromatic rings. The summed E-state index contributed by atoms with van der Waals surface area (Å²) in [7, 11) is 0. The highest BCUT2D eigenvalue weighted by Gasteiger charge is 2.56. The zero-order valence-corrected chi connectivity index (χ0v) is 30.4. The summed E-state index contributed by atoms with van der Waals surface area (Å²) in [5.41, 5.74) is 10.3. The normalized spacial score (nSPS) is 40.0. The van der Waals surface area contributed by atoms with Crippen LogP contribution in [0.4, 0.5) is 5.69 Å². The molecule has 1 aromatic carbocycles. The second kappa shape index (κ2) is 13.1. The highest BCUT2D eigenvalue weighted by atomic mass is 16.5. The maximum atomic E-state index is 7.31. The summed E-state index contributed by atoms with van der Waals surface area (Å²) in [6.45, 7) is 0. The van der Waals surface area contributed by atoms with Gasteiger partial charge in [-0.25, -0.2) is 0 Å². The van der Waals surface area contributed by atoms with Crippen molar-refractivity contribution in [2.45, 2.75) is 69.0 Å². The molecule has 0 bridgehead atoms. The first-order chi connectivity index (χ1) is 26.3. The molecule has 0 aromatic heterocycles. The van der Waals surface area contributed by atoms with Crippen LogP contribution in [0.3, 0.4) is 0 Å². The van der Waals surface area contributed by atoms with Crippen LogP contribution >= 0.6 is 0 Å². The molecular formula is C50H49NO2. The molecule has 12 unspecified atom stereocenters. The van der Waals surface area contributed by atoms with Crippen LogP contribution in [-0.4, -0.2) is 30.5 Å². The largest absolute Gasteiger partial charge is 0.366 e. The van der Waals surface area contributed by atoms with Crippen LogP contribution in [-0.2, 0) is 9.47 Å². The van der Waals surface area contributed by atoms with Gasteiger partial charge in [0.1, 0.15) is 0 Å². The number of rotatable bonds is 4. The fourth-order valence-electron chi connectivity index (χ4n) is 11.9. The molecule has 3 heterocycles. The van der Waals surface area contributed by atoms with Crippen molar-refractivity contribution < 1.29 is 9.47 Å². The summed E-state index contributed by atoms with van der Waals surface area (Å²) in [5.74, 6) is 2.16. The molecule has 53 heavy (non-hydrogen) atoms. The van der Waals surface area contributed by atoms with E-state index in [0.29, 0.717) is 23.8 Å². The Balaban J connectivity index is 1.08. The third-order valence-corrected chi connectivity index (χ3v) is 14.0. The molecule has 0 radical (unpaired) electrons. The van der Waals surface area contributed by atoms with Crippen molar-refractivity contribution in [3.05, 3.63) is 185 Å². The fourth-order valence-corrected chi connectivity index (χ4v) is 11.9. The predicted molar refractivity (Wildman–Crippen MR) is 215 cm³/mol. The van der Waals surface area contributed by atoms with Gasteiger partial charge in [-0.1, -0.05) is 145 Å². The van der Waals surface area contributed by atoms with Gasteiger partial charge in [-0.15, -0.1) is 0 Å². The van der Waals surface area contributed by atoms with Crippen molar-refractivity contribution in [3.8, 4) is 0 Å². The standard InChI is InChI=1S/C50H49NO2/c1-3-15-32(16-4-1)33-29-30-45-41(31-33)49(47-39-20-8-11-26-43(39)52-44-27-12-9-21-40(44)47)48-36(22-14-28-46(48)53-45)38-24-13-23-37-35-19-7-10-25-42(35)51(50(37)38)34-17-5-2-6-18-34/h1-3,5-9,11-15,17-23,26,28-31,35,38-39,41-49H,4,10,16,24-25,27H2. The lowest BCUT2D eigenvalue weighted by Gasteiger charge is -2.56. The van der Waals surface area contributed by atoms with Crippen LogP contribution in [0.15, 0.2) is 185 Å². The molecule has 0 spiro atoms. The van der Waals surface area contributed by atoms with Crippen molar-refractivity contribution in [1.29, 1.82) is 0 Å². The topological polar surface area (TPSA) is 21.7 Å². The van der Waals surface area contributed by atoms with E-state index in [1.165, 1.54) is 40.1 Å². The monoisotopic (exact) mass is 695 g/mol. The molecule has 0 N–H and O–H groups in total. The molecule has 7 aliphatic carbocycles. The highest BCUT2D eigenvalue weighted by molar-refractivity contribution is 5.64. The van der Waals surface area contributed by atoms with Gasteiger partial charge in [0.2, 0.25) is 0 Å². The number of anilines is 1. The van der Waals surface area contributed by atoms with Crippen molar-refractivity contribution in [3.63, 3.8) is 0 Å². The molecule has 2 saturated heterocycles.